The molecule has 4 rings (SSSR count). The second-order valence-corrected chi connectivity index (χ2v) is 7.31. The summed E-state index contributed by atoms with van der Waals surface area (Å²) in [5, 5.41) is 1.08. The van der Waals surface area contributed by atoms with Gasteiger partial charge in [-0.3, -0.25) is 9.78 Å². The summed E-state index contributed by atoms with van der Waals surface area (Å²) in [4.78, 5) is 17.4. The van der Waals surface area contributed by atoms with Crippen molar-refractivity contribution in [1.82, 2.24) is 9.55 Å². The summed E-state index contributed by atoms with van der Waals surface area (Å²) < 4.78 is 3.00. The Morgan fingerprint density at radius 1 is 1.08 bits per heavy atom. The lowest BCUT2D eigenvalue weighted by Crippen LogP contribution is -2.10. The van der Waals surface area contributed by atoms with Gasteiger partial charge in [-0.25, -0.2) is 0 Å². The van der Waals surface area contributed by atoms with Crippen LogP contribution in [0.3, 0.4) is 0 Å². The van der Waals surface area contributed by atoms with Gasteiger partial charge in [-0.1, -0.05) is 45.8 Å². The van der Waals surface area contributed by atoms with Gasteiger partial charge in [0.15, 0.2) is 0 Å². The number of hydrogen-bond donors (Lipinski definition) is 0. The Bertz CT molecular complexity index is 1100. The van der Waals surface area contributed by atoms with Crippen molar-refractivity contribution in [2.45, 2.75) is 13.5 Å². The van der Waals surface area contributed by atoms with Gasteiger partial charge in [0.05, 0.1) is 11.2 Å². The molecule has 2 aromatic carbocycles. The summed E-state index contributed by atoms with van der Waals surface area (Å²) in [7, 11) is 0. The third kappa shape index (κ3) is 3.33. The number of aryl methyl sites for hydroxylation is 1. The number of rotatable bonds is 4. The van der Waals surface area contributed by atoms with Gasteiger partial charge in [0.2, 0.25) is 5.78 Å². The Hall–Kier alpha value is -2.72. The third-order valence-corrected chi connectivity index (χ3v) is 4.92. The first-order valence-corrected chi connectivity index (χ1v) is 9.20. The molecular weight excluding hydrogens is 388 g/mol. The van der Waals surface area contributed by atoms with Crippen LogP contribution in [0, 0.1) is 6.92 Å². The molecule has 0 unspecified atom stereocenters. The van der Waals surface area contributed by atoms with Gasteiger partial charge < -0.3 is 4.57 Å². The van der Waals surface area contributed by atoms with E-state index < -0.39 is 0 Å². The zero-order valence-electron chi connectivity index (χ0n) is 14.3. The highest BCUT2D eigenvalue weighted by Gasteiger charge is 2.13. The van der Waals surface area contributed by atoms with E-state index in [9.17, 15) is 4.79 Å². The third-order valence-electron chi connectivity index (χ3n) is 4.43. The first-order chi connectivity index (χ1) is 12.6. The molecule has 4 aromatic rings. The lowest BCUT2D eigenvalue weighted by molar-refractivity contribution is 0.103. The van der Waals surface area contributed by atoms with Crippen molar-refractivity contribution in [1.29, 1.82) is 0 Å². The van der Waals surface area contributed by atoms with E-state index in [1.54, 1.807) is 0 Å². The smallest absolute Gasteiger partial charge is 0.209 e. The Labute approximate surface area is 160 Å². The first-order valence-electron chi connectivity index (χ1n) is 8.41. The van der Waals surface area contributed by atoms with Crippen molar-refractivity contribution < 1.29 is 4.79 Å². The standard InChI is InChI=1S/C22H17BrN2O/c1-15-4-6-17(7-5-15)22(26)21-3-2-10-25(21)14-16-11-18-12-19(23)8-9-20(18)24-13-16/h2-13H,14H2,1H3. The molecule has 0 radical (unpaired) electrons. The van der Waals surface area contributed by atoms with E-state index in [0.717, 1.165) is 26.5 Å². The lowest BCUT2D eigenvalue weighted by atomic mass is 10.1. The largest absolute Gasteiger partial charge is 0.340 e. The van der Waals surface area contributed by atoms with Crippen molar-refractivity contribution in [2.75, 3.05) is 0 Å². The normalized spacial score (nSPS) is 11.0. The van der Waals surface area contributed by atoms with Crippen LogP contribution >= 0.6 is 15.9 Å². The van der Waals surface area contributed by atoms with Crippen molar-refractivity contribution in [3.05, 3.63) is 99.9 Å². The highest BCUT2D eigenvalue weighted by Crippen LogP contribution is 2.20. The van der Waals surface area contributed by atoms with E-state index in [4.69, 9.17) is 0 Å². The van der Waals surface area contributed by atoms with Crippen molar-refractivity contribution >= 4 is 32.6 Å². The highest BCUT2D eigenvalue weighted by atomic mass is 79.9. The monoisotopic (exact) mass is 404 g/mol. The molecule has 128 valence electrons. The van der Waals surface area contributed by atoms with E-state index in [0.29, 0.717) is 17.8 Å². The molecule has 0 bridgehead atoms. The number of carbonyl (C=O) groups is 1. The van der Waals surface area contributed by atoms with Crippen LogP contribution in [0.5, 0.6) is 0 Å². The Kier molecular flexibility index (Phi) is 4.43. The average molecular weight is 405 g/mol. The number of pyridine rings is 1. The van der Waals surface area contributed by atoms with E-state index in [-0.39, 0.29) is 5.78 Å². The average Bonchev–Trinajstić information content (AvgIpc) is 3.09. The number of aromatic nitrogens is 2. The summed E-state index contributed by atoms with van der Waals surface area (Å²) in [6.07, 6.45) is 3.81. The maximum absolute atomic E-state index is 12.8. The number of halogens is 1. The molecule has 0 aliphatic rings. The van der Waals surface area contributed by atoms with Crippen molar-refractivity contribution in [3.8, 4) is 0 Å². The molecule has 0 aliphatic carbocycles. The van der Waals surface area contributed by atoms with Crippen molar-refractivity contribution in [3.63, 3.8) is 0 Å². The van der Waals surface area contributed by atoms with Crippen LogP contribution < -0.4 is 0 Å². The van der Waals surface area contributed by atoms with Gasteiger partial charge in [0.25, 0.3) is 0 Å². The SMILES string of the molecule is Cc1ccc(C(=O)c2cccn2Cc2cnc3ccc(Br)cc3c2)cc1. The lowest BCUT2D eigenvalue weighted by Gasteiger charge is -2.10. The molecule has 4 heteroatoms. The quantitative estimate of drug-likeness (QED) is 0.427. The van der Waals surface area contributed by atoms with Crippen LogP contribution in [0.15, 0.2) is 77.5 Å². The summed E-state index contributed by atoms with van der Waals surface area (Å²) >= 11 is 3.50. The van der Waals surface area contributed by atoms with Gasteiger partial charge in [0, 0.05) is 34.4 Å². The number of hydrogen-bond acceptors (Lipinski definition) is 2. The minimum Gasteiger partial charge on any atom is -0.340 e. The minimum atomic E-state index is 0.0338. The molecular formula is C22H17BrN2O. The van der Waals surface area contributed by atoms with Gasteiger partial charge in [-0.05, 0) is 48.9 Å². The number of benzene rings is 2. The van der Waals surface area contributed by atoms with Crippen LogP contribution in [0.2, 0.25) is 0 Å². The van der Waals surface area contributed by atoms with Gasteiger partial charge in [0.1, 0.15) is 0 Å². The minimum absolute atomic E-state index is 0.0338. The van der Waals surface area contributed by atoms with E-state index >= 15 is 0 Å². The van der Waals surface area contributed by atoms with Crippen molar-refractivity contribution in [2.24, 2.45) is 0 Å². The second-order valence-electron chi connectivity index (χ2n) is 6.40. The van der Waals surface area contributed by atoms with Crippen LogP contribution in [0.25, 0.3) is 10.9 Å². The maximum atomic E-state index is 12.8. The predicted octanol–water partition coefficient (Wildman–Crippen LogP) is 5.39. The molecule has 0 saturated heterocycles. The summed E-state index contributed by atoms with van der Waals surface area (Å²) in [5.41, 5.74) is 4.55. The van der Waals surface area contributed by atoms with E-state index in [1.165, 1.54) is 0 Å². The van der Waals surface area contributed by atoms with Crippen LogP contribution in [0.1, 0.15) is 27.2 Å². The molecule has 0 amide bonds. The fourth-order valence-corrected chi connectivity index (χ4v) is 3.42. The Morgan fingerprint density at radius 2 is 1.88 bits per heavy atom. The number of carbonyl (C=O) groups excluding carboxylic acids is 1. The van der Waals surface area contributed by atoms with Crippen LogP contribution in [-0.2, 0) is 6.54 Å². The topological polar surface area (TPSA) is 34.9 Å². The molecule has 0 atom stereocenters. The van der Waals surface area contributed by atoms with E-state index in [2.05, 4.69) is 33.0 Å². The number of nitrogens with zero attached hydrogens (tertiary/aromatic N) is 2. The Balaban J connectivity index is 1.65. The zero-order chi connectivity index (χ0) is 18.1. The molecule has 3 nitrogen and oxygen atoms in total. The summed E-state index contributed by atoms with van der Waals surface area (Å²) in [6.45, 7) is 2.62. The van der Waals surface area contributed by atoms with Crippen LogP contribution in [-0.4, -0.2) is 15.3 Å². The molecule has 2 heterocycles. The molecule has 0 aliphatic heterocycles. The molecule has 0 saturated carbocycles. The zero-order valence-corrected chi connectivity index (χ0v) is 15.9. The fourth-order valence-electron chi connectivity index (χ4n) is 3.04. The fraction of sp³-hybridized carbons (Fsp3) is 0.0909. The summed E-state index contributed by atoms with van der Waals surface area (Å²) in [5.74, 6) is 0.0338. The van der Waals surface area contributed by atoms with Gasteiger partial charge >= 0.3 is 0 Å². The second kappa shape index (κ2) is 6.89. The van der Waals surface area contributed by atoms with Crippen LogP contribution in [0.4, 0.5) is 0 Å². The summed E-state index contributed by atoms with van der Waals surface area (Å²) in [6, 6.07) is 19.6. The molecule has 26 heavy (non-hydrogen) atoms. The highest BCUT2D eigenvalue weighted by molar-refractivity contribution is 9.10. The van der Waals surface area contributed by atoms with Gasteiger partial charge in [-0.15, -0.1) is 0 Å². The maximum Gasteiger partial charge on any atom is 0.209 e. The molecule has 2 aromatic heterocycles. The molecule has 0 fully saturated rings. The van der Waals surface area contributed by atoms with E-state index in [1.807, 2.05) is 72.4 Å². The number of fused-ring (bicyclic) bond motifs is 1. The number of ketones is 1. The molecule has 0 N–H and O–H groups in total. The molecule has 0 spiro atoms. The Morgan fingerprint density at radius 3 is 2.69 bits per heavy atom. The predicted molar refractivity (Wildman–Crippen MR) is 108 cm³/mol. The van der Waals surface area contributed by atoms with Gasteiger partial charge in [-0.2, -0.15) is 0 Å². The first kappa shape index (κ1) is 16.7.